The van der Waals surface area contributed by atoms with Gasteiger partial charge in [-0.05, 0) is 18.2 Å². The van der Waals surface area contributed by atoms with Gasteiger partial charge in [-0.15, -0.1) is 0 Å². The minimum atomic E-state index is -0.737. The molecular formula is C13H9N3O3. The van der Waals surface area contributed by atoms with Crippen molar-refractivity contribution in [1.82, 2.24) is 4.98 Å². The molecule has 19 heavy (non-hydrogen) atoms. The highest BCUT2D eigenvalue weighted by Gasteiger charge is 2.14. The summed E-state index contributed by atoms with van der Waals surface area (Å²) >= 11 is 0. The number of nitrogen functional groups attached to an aromatic ring is 1. The van der Waals surface area contributed by atoms with Crippen LogP contribution in [0.1, 0.15) is 10.4 Å². The molecule has 0 radical (unpaired) electrons. The van der Waals surface area contributed by atoms with Crippen molar-refractivity contribution in [3.63, 3.8) is 0 Å². The molecule has 0 aliphatic heterocycles. The Labute approximate surface area is 106 Å². The average Bonchev–Trinajstić information content (AvgIpc) is 2.38. The first-order valence-electron chi connectivity index (χ1n) is 5.50. The number of pyridine rings is 1. The molecule has 94 valence electrons. The lowest BCUT2D eigenvalue weighted by atomic mass is 10.1. The third-order valence-electron chi connectivity index (χ3n) is 2.87. The zero-order valence-electron chi connectivity index (χ0n) is 9.71. The van der Waals surface area contributed by atoms with Crippen LogP contribution in [0.5, 0.6) is 0 Å². The Morgan fingerprint density at radius 2 is 1.95 bits per heavy atom. The summed E-state index contributed by atoms with van der Waals surface area (Å²) < 4.78 is 5.50. The van der Waals surface area contributed by atoms with Gasteiger partial charge in [0.1, 0.15) is 11.4 Å². The van der Waals surface area contributed by atoms with Crippen molar-refractivity contribution in [1.29, 1.82) is 0 Å². The smallest absolute Gasteiger partial charge is 0.252 e. The van der Waals surface area contributed by atoms with Crippen LogP contribution in [0.2, 0.25) is 0 Å². The second kappa shape index (κ2) is 3.81. The number of hydrogen-bond donors (Lipinski definition) is 2. The molecule has 0 aliphatic carbocycles. The maximum atomic E-state index is 12.3. The molecule has 4 N–H and O–H groups in total. The first-order chi connectivity index (χ1) is 9.08. The molecule has 0 saturated heterocycles. The maximum absolute atomic E-state index is 12.3. The molecule has 0 spiro atoms. The Kier molecular flexibility index (Phi) is 2.25. The van der Waals surface area contributed by atoms with Crippen LogP contribution in [-0.4, -0.2) is 10.9 Å². The number of primary amides is 1. The van der Waals surface area contributed by atoms with Crippen molar-refractivity contribution < 1.29 is 9.21 Å². The number of amides is 1. The van der Waals surface area contributed by atoms with Gasteiger partial charge in [0.2, 0.25) is 11.1 Å². The molecule has 0 bridgehead atoms. The second-order valence-corrected chi connectivity index (χ2v) is 4.07. The fraction of sp³-hybridized carbons (Fsp3) is 0. The quantitative estimate of drug-likeness (QED) is 0.630. The summed E-state index contributed by atoms with van der Waals surface area (Å²) in [6.07, 6.45) is 0. The molecule has 3 rings (SSSR count). The molecule has 1 amide bonds. The van der Waals surface area contributed by atoms with Crippen LogP contribution in [0.4, 0.5) is 5.82 Å². The largest absolute Gasteiger partial charge is 0.437 e. The van der Waals surface area contributed by atoms with Crippen molar-refractivity contribution in [2.45, 2.75) is 0 Å². The lowest BCUT2D eigenvalue weighted by molar-refractivity contribution is 0.100. The highest BCUT2D eigenvalue weighted by molar-refractivity contribution is 6.01. The molecule has 3 aromatic rings. The Balaban J connectivity index is 2.52. The zero-order valence-corrected chi connectivity index (χ0v) is 9.71. The van der Waals surface area contributed by atoms with E-state index in [9.17, 15) is 9.59 Å². The van der Waals surface area contributed by atoms with Crippen molar-refractivity contribution in [2.24, 2.45) is 5.73 Å². The monoisotopic (exact) mass is 255 g/mol. The molecule has 1 aromatic carbocycles. The van der Waals surface area contributed by atoms with Crippen LogP contribution < -0.4 is 16.9 Å². The van der Waals surface area contributed by atoms with Gasteiger partial charge >= 0.3 is 0 Å². The van der Waals surface area contributed by atoms with E-state index in [1.54, 1.807) is 24.3 Å². The number of para-hydroxylation sites is 1. The molecule has 2 heterocycles. The molecule has 6 heteroatoms. The fourth-order valence-corrected chi connectivity index (χ4v) is 1.94. The average molecular weight is 255 g/mol. The number of rotatable bonds is 1. The van der Waals surface area contributed by atoms with Gasteiger partial charge in [0.15, 0.2) is 0 Å². The van der Waals surface area contributed by atoms with Crippen LogP contribution in [-0.2, 0) is 0 Å². The lowest BCUT2D eigenvalue weighted by Gasteiger charge is -2.04. The van der Waals surface area contributed by atoms with E-state index in [1.807, 2.05) is 0 Å². The topological polar surface area (TPSA) is 112 Å². The third-order valence-corrected chi connectivity index (χ3v) is 2.87. The van der Waals surface area contributed by atoms with E-state index >= 15 is 0 Å². The fourth-order valence-electron chi connectivity index (χ4n) is 1.94. The minimum absolute atomic E-state index is 0.00933. The predicted octanol–water partition coefficient (Wildman–Crippen LogP) is 1.02. The highest BCUT2D eigenvalue weighted by atomic mass is 16.3. The Bertz CT molecular complexity index is 883. The number of carbonyl (C=O) groups excluding carboxylic acids is 1. The van der Waals surface area contributed by atoms with Gasteiger partial charge in [0.05, 0.1) is 16.3 Å². The normalized spacial score (nSPS) is 10.9. The maximum Gasteiger partial charge on any atom is 0.252 e. The summed E-state index contributed by atoms with van der Waals surface area (Å²) in [7, 11) is 0. The summed E-state index contributed by atoms with van der Waals surface area (Å²) in [4.78, 5) is 27.4. The van der Waals surface area contributed by atoms with Crippen LogP contribution >= 0.6 is 0 Å². The van der Waals surface area contributed by atoms with E-state index in [0.717, 1.165) is 0 Å². The van der Waals surface area contributed by atoms with Crippen LogP contribution in [0.15, 0.2) is 39.5 Å². The Morgan fingerprint density at radius 1 is 1.21 bits per heavy atom. The minimum Gasteiger partial charge on any atom is -0.437 e. The number of benzene rings is 1. The van der Waals surface area contributed by atoms with Gasteiger partial charge in [0, 0.05) is 0 Å². The molecule has 0 unspecified atom stereocenters. The van der Waals surface area contributed by atoms with Crippen LogP contribution in [0.3, 0.4) is 0 Å². The van der Waals surface area contributed by atoms with Gasteiger partial charge in [0.25, 0.3) is 5.91 Å². The molecule has 2 aromatic heterocycles. The van der Waals surface area contributed by atoms with Gasteiger partial charge in [-0.1, -0.05) is 12.1 Å². The van der Waals surface area contributed by atoms with Crippen molar-refractivity contribution in [2.75, 3.05) is 5.73 Å². The number of anilines is 1. The SMILES string of the molecule is NC(=O)c1cc2c(=O)c3ccccc3oc2nc1N. The zero-order chi connectivity index (χ0) is 13.6. The van der Waals surface area contributed by atoms with Crippen LogP contribution in [0, 0.1) is 0 Å². The molecule has 0 fully saturated rings. The van der Waals surface area contributed by atoms with E-state index in [-0.39, 0.29) is 27.9 Å². The van der Waals surface area contributed by atoms with E-state index < -0.39 is 5.91 Å². The molecular weight excluding hydrogens is 246 g/mol. The summed E-state index contributed by atoms with van der Waals surface area (Å²) in [5.41, 5.74) is 11.0. The molecule has 0 saturated carbocycles. The number of fused-ring (bicyclic) bond motifs is 2. The van der Waals surface area contributed by atoms with Gasteiger partial charge < -0.3 is 15.9 Å². The molecule has 6 nitrogen and oxygen atoms in total. The number of aromatic nitrogens is 1. The van der Waals surface area contributed by atoms with Gasteiger partial charge in [-0.2, -0.15) is 4.98 Å². The number of nitrogens with zero attached hydrogens (tertiary/aromatic N) is 1. The lowest BCUT2D eigenvalue weighted by Crippen LogP contribution is -2.16. The Hall–Kier alpha value is -2.89. The van der Waals surface area contributed by atoms with E-state index in [0.29, 0.717) is 11.0 Å². The highest BCUT2D eigenvalue weighted by Crippen LogP contribution is 2.20. The van der Waals surface area contributed by atoms with Crippen molar-refractivity contribution in [3.8, 4) is 0 Å². The summed E-state index contributed by atoms with van der Waals surface area (Å²) in [5, 5.41) is 0.596. The Morgan fingerprint density at radius 3 is 2.68 bits per heavy atom. The van der Waals surface area contributed by atoms with E-state index in [4.69, 9.17) is 15.9 Å². The predicted molar refractivity (Wildman–Crippen MR) is 70.7 cm³/mol. The van der Waals surface area contributed by atoms with Crippen molar-refractivity contribution in [3.05, 3.63) is 46.1 Å². The van der Waals surface area contributed by atoms with Gasteiger partial charge in [-0.3, -0.25) is 9.59 Å². The van der Waals surface area contributed by atoms with E-state index in [1.165, 1.54) is 6.07 Å². The molecule has 0 aliphatic rings. The number of carbonyl (C=O) groups is 1. The summed E-state index contributed by atoms with van der Waals surface area (Å²) in [6, 6.07) is 8.10. The van der Waals surface area contributed by atoms with Crippen molar-refractivity contribution >= 4 is 33.8 Å². The first-order valence-corrected chi connectivity index (χ1v) is 5.50. The number of nitrogens with two attached hydrogens (primary N) is 2. The summed E-state index contributed by atoms with van der Waals surface area (Å²) in [6.45, 7) is 0. The number of hydrogen-bond acceptors (Lipinski definition) is 5. The first kappa shape index (κ1) is 11.2. The second-order valence-electron chi connectivity index (χ2n) is 4.07. The third kappa shape index (κ3) is 1.61. The van der Waals surface area contributed by atoms with Gasteiger partial charge in [-0.25, -0.2) is 0 Å². The summed E-state index contributed by atoms with van der Waals surface area (Å²) in [5.74, 6) is -0.794. The standard InChI is InChI=1S/C13H9N3O3/c14-11-8(12(15)18)5-7-10(17)6-3-1-2-4-9(6)19-13(7)16-11/h1-5H,(H2,14,16)(H2,15,18). The van der Waals surface area contributed by atoms with Crippen LogP contribution in [0.25, 0.3) is 22.1 Å². The van der Waals surface area contributed by atoms with E-state index in [2.05, 4.69) is 4.98 Å². The molecule has 0 atom stereocenters.